The highest BCUT2D eigenvalue weighted by Crippen LogP contribution is 2.34. The Bertz CT molecular complexity index is 681. The molecule has 0 spiro atoms. The number of carbonyl (C=O) groups is 1. The first-order valence-corrected chi connectivity index (χ1v) is 7.71. The third-order valence-corrected chi connectivity index (χ3v) is 4.28. The number of amides is 1. The van der Waals surface area contributed by atoms with Crippen LogP contribution in [0.2, 0.25) is 0 Å². The number of ether oxygens (including phenoxy) is 1. The van der Waals surface area contributed by atoms with Crippen LogP contribution in [-0.2, 0) is 0 Å². The van der Waals surface area contributed by atoms with Crippen molar-refractivity contribution in [2.75, 3.05) is 13.7 Å². The van der Waals surface area contributed by atoms with Crippen molar-refractivity contribution in [1.82, 2.24) is 4.90 Å². The Hall–Kier alpha value is -2.29. The normalized spacial score (nSPS) is 17.5. The summed E-state index contributed by atoms with van der Waals surface area (Å²) in [6, 6.07) is 16.1. The molecular weight excluding hydrogens is 274 g/mol. The quantitative estimate of drug-likeness (QED) is 0.857. The maximum atomic E-state index is 12.9. The summed E-state index contributed by atoms with van der Waals surface area (Å²) < 4.78 is 5.34. The largest absolute Gasteiger partial charge is 0.496 e. The maximum Gasteiger partial charge on any atom is 0.258 e. The third-order valence-electron chi connectivity index (χ3n) is 4.28. The number of para-hydroxylation sites is 1. The van der Waals surface area contributed by atoms with Gasteiger partial charge in [-0.05, 0) is 37.5 Å². The number of aryl methyl sites for hydroxylation is 1. The highest BCUT2D eigenvalue weighted by molar-refractivity contribution is 5.97. The first-order chi connectivity index (χ1) is 10.7. The van der Waals surface area contributed by atoms with Crippen LogP contribution in [0, 0.1) is 6.92 Å². The molecule has 0 saturated carbocycles. The lowest BCUT2D eigenvalue weighted by Gasteiger charge is -2.26. The molecule has 0 radical (unpaired) electrons. The van der Waals surface area contributed by atoms with Gasteiger partial charge in [-0.2, -0.15) is 0 Å². The van der Waals surface area contributed by atoms with Gasteiger partial charge in [0.25, 0.3) is 5.91 Å². The Kier molecular flexibility index (Phi) is 4.14. The Morgan fingerprint density at radius 2 is 2.00 bits per heavy atom. The van der Waals surface area contributed by atoms with E-state index in [1.165, 1.54) is 11.1 Å². The average molecular weight is 295 g/mol. The number of likely N-dealkylation sites (tertiary alicyclic amines) is 1. The Morgan fingerprint density at radius 3 is 2.77 bits per heavy atom. The van der Waals surface area contributed by atoms with Crippen molar-refractivity contribution in [2.24, 2.45) is 0 Å². The van der Waals surface area contributed by atoms with Crippen molar-refractivity contribution < 1.29 is 9.53 Å². The second kappa shape index (κ2) is 6.22. The van der Waals surface area contributed by atoms with Crippen LogP contribution in [-0.4, -0.2) is 24.5 Å². The van der Waals surface area contributed by atoms with Gasteiger partial charge in [0.05, 0.1) is 18.7 Å². The number of nitrogens with zero attached hydrogens (tertiary/aromatic N) is 1. The molecular formula is C19H21NO2. The first kappa shape index (κ1) is 14.6. The van der Waals surface area contributed by atoms with E-state index in [-0.39, 0.29) is 11.9 Å². The van der Waals surface area contributed by atoms with Crippen molar-refractivity contribution in [3.05, 3.63) is 65.2 Å². The molecule has 22 heavy (non-hydrogen) atoms. The maximum absolute atomic E-state index is 12.9. The number of methoxy groups -OCH3 is 1. The second-order valence-electron chi connectivity index (χ2n) is 5.77. The molecule has 1 atom stereocenters. The summed E-state index contributed by atoms with van der Waals surface area (Å²) in [6.45, 7) is 2.89. The summed E-state index contributed by atoms with van der Waals surface area (Å²) in [5.41, 5.74) is 3.10. The molecule has 1 amide bonds. The average Bonchev–Trinajstić information content (AvgIpc) is 3.03. The molecule has 0 unspecified atom stereocenters. The Morgan fingerprint density at radius 1 is 1.18 bits per heavy atom. The lowest BCUT2D eigenvalue weighted by molar-refractivity contribution is 0.0732. The highest BCUT2D eigenvalue weighted by Gasteiger charge is 2.31. The third kappa shape index (κ3) is 2.71. The Balaban J connectivity index is 1.91. The molecule has 1 fully saturated rings. The fraction of sp³-hybridized carbons (Fsp3) is 0.316. The van der Waals surface area contributed by atoms with E-state index < -0.39 is 0 Å². The van der Waals surface area contributed by atoms with Gasteiger partial charge in [-0.3, -0.25) is 4.79 Å². The van der Waals surface area contributed by atoms with Crippen molar-refractivity contribution in [3.63, 3.8) is 0 Å². The lowest BCUT2D eigenvalue weighted by Crippen LogP contribution is -2.30. The van der Waals surface area contributed by atoms with Crippen LogP contribution in [0.5, 0.6) is 5.75 Å². The number of carbonyl (C=O) groups excluding carboxylic acids is 1. The molecule has 2 aromatic rings. The number of hydrogen-bond acceptors (Lipinski definition) is 2. The van der Waals surface area contributed by atoms with Gasteiger partial charge < -0.3 is 9.64 Å². The minimum atomic E-state index is 0.0569. The van der Waals surface area contributed by atoms with Gasteiger partial charge in [-0.1, -0.05) is 42.0 Å². The van der Waals surface area contributed by atoms with Gasteiger partial charge in [0.15, 0.2) is 0 Å². The van der Waals surface area contributed by atoms with E-state index >= 15 is 0 Å². The first-order valence-electron chi connectivity index (χ1n) is 7.71. The number of benzene rings is 2. The van der Waals surface area contributed by atoms with Crippen LogP contribution in [0.25, 0.3) is 0 Å². The standard InChI is InChI=1S/C19H21NO2/c1-14-7-5-8-15(13-14)17-10-6-12-20(17)19(21)16-9-3-4-11-18(16)22-2/h3-5,7-9,11,13,17H,6,10,12H2,1-2H3/t17-/m0/s1. The zero-order valence-electron chi connectivity index (χ0n) is 13.1. The van der Waals surface area contributed by atoms with Gasteiger partial charge in [0.1, 0.15) is 5.75 Å². The van der Waals surface area contributed by atoms with E-state index in [4.69, 9.17) is 4.74 Å². The number of hydrogen-bond donors (Lipinski definition) is 0. The summed E-state index contributed by atoms with van der Waals surface area (Å²) >= 11 is 0. The van der Waals surface area contributed by atoms with Crippen LogP contribution in [0.3, 0.4) is 0 Å². The zero-order chi connectivity index (χ0) is 15.5. The van der Waals surface area contributed by atoms with Crippen molar-refractivity contribution in [2.45, 2.75) is 25.8 Å². The SMILES string of the molecule is COc1ccccc1C(=O)N1CCC[C@H]1c1cccc(C)c1. The molecule has 1 aliphatic rings. The van der Waals surface area contributed by atoms with E-state index in [1.54, 1.807) is 7.11 Å². The predicted octanol–water partition coefficient (Wildman–Crippen LogP) is 3.98. The monoisotopic (exact) mass is 295 g/mol. The molecule has 3 heteroatoms. The van der Waals surface area contributed by atoms with Gasteiger partial charge >= 0.3 is 0 Å². The minimum Gasteiger partial charge on any atom is -0.496 e. The van der Waals surface area contributed by atoms with Gasteiger partial charge in [0.2, 0.25) is 0 Å². The second-order valence-corrected chi connectivity index (χ2v) is 5.77. The summed E-state index contributed by atoms with van der Waals surface area (Å²) in [4.78, 5) is 14.9. The van der Waals surface area contributed by atoms with Gasteiger partial charge in [0, 0.05) is 6.54 Å². The van der Waals surface area contributed by atoms with E-state index in [0.717, 1.165) is 19.4 Å². The lowest BCUT2D eigenvalue weighted by atomic mass is 10.0. The minimum absolute atomic E-state index is 0.0569. The molecule has 2 aromatic carbocycles. The van der Waals surface area contributed by atoms with Crippen LogP contribution < -0.4 is 4.74 Å². The molecule has 3 nitrogen and oxygen atoms in total. The topological polar surface area (TPSA) is 29.5 Å². The fourth-order valence-corrected chi connectivity index (χ4v) is 3.21. The molecule has 1 heterocycles. The molecule has 1 saturated heterocycles. The van der Waals surface area contributed by atoms with Gasteiger partial charge in [-0.25, -0.2) is 0 Å². The molecule has 0 bridgehead atoms. The summed E-state index contributed by atoms with van der Waals surface area (Å²) in [7, 11) is 1.61. The van der Waals surface area contributed by atoms with Crippen molar-refractivity contribution in [3.8, 4) is 5.75 Å². The van der Waals surface area contributed by atoms with Crippen LogP contribution >= 0.6 is 0 Å². The van der Waals surface area contributed by atoms with E-state index in [9.17, 15) is 4.79 Å². The van der Waals surface area contributed by atoms with Crippen LogP contribution in [0.15, 0.2) is 48.5 Å². The van der Waals surface area contributed by atoms with E-state index in [1.807, 2.05) is 29.2 Å². The highest BCUT2D eigenvalue weighted by atomic mass is 16.5. The Labute approximate surface area is 131 Å². The molecule has 0 aliphatic carbocycles. The molecule has 1 aliphatic heterocycles. The summed E-state index contributed by atoms with van der Waals surface area (Å²) in [6.07, 6.45) is 2.06. The van der Waals surface area contributed by atoms with E-state index in [0.29, 0.717) is 11.3 Å². The van der Waals surface area contributed by atoms with Crippen LogP contribution in [0.4, 0.5) is 0 Å². The predicted molar refractivity (Wildman–Crippen MR) is 87.2 cm³/mol. The van der Waals surface area contributed by atoms with Crippen molar-refractivity contribution >= 4 is 5.91 Å². The number of rotatable bonds is 3. The molecule has 0 aromatic heterocycles. The zero-order valence-corrected chi connectivity index (χ0v) is 13.1. The summed E-state index contributed by atoms with van der Waals surface area (Å²) in [5.74, 6) is 0.698. The van der Waals surface area contributed by atoms with Crippen LogP contribution in [0.1, 0.15) is 40.4 Å². The molecule has 114 valence electrons. The molecule has 3 rings (SSSR count). The fourth-order valence-electron chi connectivity index (χ4n) is 3.21. The summed E-state index contributed by atoms with van der Waals surface area (Å²) in [5, 5.41) is 0. The van der Waals surface area contributed by atoms with Gasteiger partial charge in [-0.15, -0.1) is 0 Å². The molecule has 0 N–H and O–H groups in total. The van der Waals surface area contributed by atoms with Crippen molar-refractivity contribution in [1.29, 1.82) is 0 Å². The van der Waals surface area contributed by atoms with E-state index in [2.05, 4.69) is 31.2 Å². The smallest absolute Gasteiger partial charge is 0.258 e.